The molecule has 0 spiro atoms. The number of halogens is 3. The lowest BCUT2D eigenvalue weighted by Crippen LogP contribution is -2.29. The average Bonchev–Trinajstić information content (AvgIpc) is 3.36. The Kier molecular flexibility index (Phi) is 5.22. The van der Waals surface area contributed by atoms with Crippen molar-refractivity contribution in [2.75, 3.05) is 0 Å². The average molecular weight is 571 g/mol. The highest BCUT2D eigenvalue weighted by molar-refractivity contribution is 6.31. The van der Waals surface area contributed by atoms with Gasteiger partial charge in [-0.05, 0) is 72.4 Å². The second kappa shape index (κ2) is 8.78. The van der Waals surface area contributed by atoms with Gasteiger partial charge in [-0.15, -0.1) is 5.10 Å². The number of rotatable bonds is 5. The summed E-state index contributed by atoms with van der Waals surface area (Å²) in [5.74, 6) is 0.568. The van der Waals surface area contributed by atoms with E-state index >= 15 is 0 Å². The fraction of sp³-hybridized carbons (Fsp3) is 0.233. The number of fused-ring (bicyclic) bond motifs is 4. The number of hydrogen-bond acceptors (Lipinski definition) is 6. The van der Waals surface area contributed by atoms with E-state index in [4.69, 9.17) is 21.1 Å². The molecule has 5 heterocycles. The summed E-state index contributed by atoms with van der Waals surface area (Å²) >= 11 is 6.33. The lowest BCUT2D eigenvalue weighted by Gasteiger charge is -2.20. The first-order chi connectivity index (χ1) is 19.9. The fourth-order valence-corrected chi connectivity index (χ4v) is 6.50. The zero-order valence-electron chi connectivity index (χ0n) is 21.6. The number of pyridine rings is 1. The highest BCUT2D eigenvalue weighted by Crippen LogP contribution is 2.60. The second-order valence-corrected chi connectivity index (χ2v) is 11.2. The molecule has 0 radical (unpaired) electrons. The Morgan fingerprint density at radius 3 is 2.80 bits per heavy atom. The van der Waals surface area contributed by atoms with Gasteiger partial charge in [0.15, 0.2) is 5.58 Å². The Morgan fingerprint density at radius 1 is 1.10 bits per heavy atom. The van der Waals surface area contributed by atoms with Gasteiger partial charge in [-0.3, -0.25) is 9.79 Å². The van der Waals surface area contributed by atoms with Gasteiger partial charge in [0.1, 0.15) is 5.69 Å². The number of nitrogens with zero attached hydrogens (tertiary/aromatic N) is 6. The molecule has 1 saturated carbocycles. The quantitative estimate of drug-likeness (QED) is 0.235. The van der Waals surface area contributed by atoms with E-state index in [2.05, 4.69) is 21.5 Å². The van der Waals surface area contributed by atoms with Crippen molar-refractivity contribution in [3.05, 3.63) is 98.9 Å². The number of aromatic nitrogens is 5. The van der Waals surface area contributed by atoms with Crippen LogP contribution in [0.4, 0.5) is 8.78 Å². The molecule has 0 N–H and O–H groups in total. The summed E-state index contributed by atoms with van der Waals surface area (Å²) in [5, 5.41) is 13.0. The number of allylic oxidation sites excluding steroid dienone is 1. The molecule has 3 aromatic heterocycles. The van der Waals surface area contributed by atoms with E-state index in [1.807, 2.05) is 35.9 Å². The van der Waals surface area contributed by atoms with E-state index in [1.54, 1.807) is 24.3 Å². The van der Waals surface area contributed by atoms with Gasteiger partial charge in [0.25, 0.3) is 12.0 Å². The maximum Gasteiger partial charge on any atom is 0.283 e. The van der Waals surface area contributed by atoms with Crippen molar-refractivity contribution >= 4 is 33.9 Å². The Balaban J connectivity index is 1.13. The second-order valence-electron chi connectivity index (χ2n) is 10.8. The third kappa shape index (κ3) is 3.81. The van der Waals surface area contributed by atoms with Crippen LogP contribution in [0.15, 0.2) is 75.2 Å². The van der Waals surface area contributed by atoms with Crippen molar-refractivity contribution < 1.29 is 13.3 Å². The van der Waals surface area contributed by atoms with Crippen molar-refractivity contribution in [2.45, 2.75) is 38.2 Å². The van der Waals surface area contributed by atoms with Gasteiger partial charge in [0, 0.05) is 52.0 Å². The molecule has 0 bridgehead atoms. The van der Waals surface area contributed by atoms with Crippen LogP contribution < -0.4 is 5.56 Å². The third-order valence-corrected chi connectivity index (χ3v) is 8.61. The standard InChI is InChI=1S/C30H21ClF2N6O2/c1-14-19-4-2-15(8-27(19)41-36-14)17-6-23(34-12-17)29-22-11-21(22)26-7-16(9-28(40)39(26)29)20-10-18(31)3-5-25(20)38-13-24(30(32)33)35-37-38/h2-5,7-10,12-13,21-22,29-30H,6,11H2,1H3. The van der Waals surface area contributed by atoms with Crippen LogP contribution in [0.3, 0.4) is 0 Å². The molecule has 0 amide bonds. The Labute approximate surface area is 236 Å². The minimum atomic E-state index is -2.74. The number of alkyl halides is 2. The molecule has 3 unspecified atom stereocenters. The highest BCUT2D eigenvalue weighted by atomic mass is 35.5. The van der Waals surface area contributed by atoms with Crippen LogP contribution in [0, 0.1) is 12.8 Å². The fourth-order valence-electron chi connectivity index (χ4n) is 6.33. The molecular formula is C30H21ClF2N6O2. The molecule has 2 aliphatic heterocycles. The number of aryl methyl sites for hydroxylation is 1. The summed E-state index contributed by atoms with van der Waals surface area (Å²) < 4.78 is 35.0. The SMILES string of the molecule is Cc1noc2cc(C3=CN=C(C4C5CC5c5cc(-c6cc(Cl)ccc6-n6cc(C(F)F)nn6)cc(=O)n54)C3)ccc12. The van der Waals surface area contributed by atoms with Crippen molar-refractivity contribution in [1.82, 2.24) is 24.7 Å². The van der Waals surface area contributed by atoms with Crippen molar-refractivity contribution in [2.24, 2.45) is 10.9 Å². The summed E-state index contributed by atoms with van der Waals surface area (Å²) in [6.45, 7) is 1.92. The minimum Gasteiger partial charge on any atom is -0.356 e. The molecule has 204 valence electrons. The van der Waals surface area contributed by atoms with Gasteiger partial charge in [0.2, 0.25) is 0 Å². The molecule has 1 fully saturated rings. The van der Waals surface area contributed by atoms with Gasteiger partial charge in [-0.1, -0.05) is 28.0 Å². The largest absolute Gasteiger partial charge is 0.356 e. The van der Waals surface area contributed by atoms with Crippen molar-refractivity contribution in [1.29, 1.82) is 0 Å². The van der Waals surface area contributed by atoms with Crippen molar-refractivity contribution in [3.63, 3.8) is 0 Å². The molecule has 5 aromatic rings. The van der Waals surface area contributed by atoms with E-state index in [-0.39, 0.29) is 17.5 Å². The maximum absolute atomic E-state index is 13.7. The number of benzene rings is 2. The summed E-state index contributed by atoms with van der Waals surface area (Å²) in [6.07, 6.45) is 1.97. The molecule has 0 saturated heterocycles. The van der Waals surface area contributed by atoms with Crippen LogP contribution >= 0.6 is 11.6 Å². The van der Waals surface area contributed by atoms with Crippen molar-refractivity contribution in [3.8, 4) is 16.8 Å². The minimum absolute atomic E-state index is 0.107. The molecule has 3 aliphatic rings. The van der Waals surface area contributed by atoms with Crippen LogP contribution in [0.1, 0.15) is 53.9 Å². The summed E-state index contributed by atoms with van der Waals surface area (Å²) in [4.78, 5) is 18.5. The molecule has 2 aromatic carbocycles. The first kappa shape index (κ1) is 24.4. The molecule has 41 heavy (non-hydrogen) atoms. The van der Waals surface area contributed by atoms with Gasteiger partial charge in [0.05, 0.1) is 23.6 Å². The van der Waals surface area contributed by atoms with Gasteiger partial charge in [-0.2, -0.15) is 0 Å². The van der Waals surface area contributed by atoms with Gasteiger partial charge < -0.3 is 9.09 Å². The predicted octanol–water partition coefficient (Wildman–Crippen LogP) is 6.68. The first-order valence-electron chi connectivity index (χ1n) is 13.2. The maximum atomic E-state index is 13.7. The van der Waals surface area contributed by atoms with Gasteiger partial charge >= 0.3 is 0 Å². The molecular weight excluding hydrogens is 550 g/mol. The summed E-state index contributed by atoms with van der Waals surface area (Å²) in [5.41, 5.74) is 6.84. The molecule has 8 nitrogen and oxygen atoms in total. The van der Waals surface area contributed by atoms with E-state index in [0.717, 1.165) is 45.6 Å². The number of hydrogen-bond donors (Lipinski definition) is 0. The summed E-state index contributed by atoms with van der Waals surface area (Å²) in [7, 11) is 0. The van der Waals surface area contributed by atoms with Gasteiger partial charge in [-0.25, -0.2) is 13.5 Å². The molecule has 3 atom stereocenters. The third-order valence-electron chi connectivity index (χ3n) is 8.37. The van der Waals surface area contributed by atoms with Crippen LogP contribution in [-0.4, -0.2) is 30.4 Å². The van der Waals surface area contributed by atoms with Crippen LogP contribution in [0.2, 0.25) is 5.02 Å². The highest BCUT2D eigenvalue weighted by Gasteiger charge is 2.54. The van der Waals surface area contributed by atoms with Crippen LogP contribution in [-0.2, 0) is 0 Å². The first-order valence-corrected chi connectivity index (χ1v) is 13.6. The zero-order valence-corrected chi connectivity index (χ0v) is 22.4. The summed E-state index contributed by atoms with van der Waals surface area (Å²) in [6, 6.07) is 14.6. The number of aliphatic imine (C=N–C) groups is 1. The topological polar surface area (TPSA) is 91.1 Å². The molecule has 11 heteroatoms. The van der Waals surface area contributed by atoms with E-state index in [0.29, 0.717) is 34.2 Å². The smallest absolute Gasteiger partial charge is 0.283 e. The zero-order chi connectivity index (χ0) is 28.0. The lowest BCUT2D eigenvalue weighted by molar-refractivity contribution is 0.146. The van der Waals surface area contributed by atoms with E-state index in [1.165, 1.54) is 10.9 Å². The Morgan fingerprint density at radius 2 is 1.98 bits per heavy atom. The Hall–Kier alpha value is -4.44. The monoisotopic (exact) mass is 570 g/mol. The van der Waals surface area contributed by atoms with E-state index in [9.17, 15) is 13.6 Å². The molecule has 8 rings (SSSR count). The van der Waals surface area contributed by atoms with Crippen LogP contribution in [0.25, 0.3) is 33.4 Å². The van der Waals surface area contributed by atoms with E-state index < -0.39 is 12.1 Å². The lowest BCUT2D eigenvalue weighted by atomic mass is 9.97. The van der Waals surface area contributed by atoms with Crippen LogP contribution in [0.5, 0.6) is 0 Å². The predicted molar refractivity (Wildman–Crippen MR) is 150 cm³/mol. The normalized spacial score (nSPS) is 20.9. The Bertz CT molecular complexity index is 2020. The molecule has 1 aliphatic carbocycles.